The van der Waals surface area contributed by atoms with E-state index < -0.39 is 11.7 Å². The van der Waals surface area contributed by atoms with Crippen molar-refractivity contribution >= 4 is 35.0 Å². The molecule has 3 aromatic carbocycles. The molecule has 0 spiro atoms. The number of hydrogen-bond acceptors (Lipinski definition) is 3. The van der Waals surface area contributed by atoms with Crippen molar-refractivity contribution in [1.29, 1.82) is 0 Å². The minimum atomic E-state index is -0.601. The normalized spacial score (nSPS) is 16.0. The molecule has 30 heavy (non-hydrogen) atoms. The van der Waals surface area contributed by atoms with Gasteiger partial charge in [-0.1, -0.05) is 30.3 Å². The smallest absolute Gasteiger partial charge is 0.258 e. The molecule has 0 saturated carbocycles. The first-order chi connectivity index (χ1) is 14.4. The van der Waals surface area contributed by atoms with Gasteiger partial charge in [-0.15, -0.1) is 11.8 Å². The fourth-order valence-corrected chi connectivity index (χ4v) is 4.46. The number of amides is 2. The van der Waals surface area contributed by atoms with Gasteiger partial charge < -0.3 is 5.32 Å². The highest BCUT2D eigenvalue weighted by molar-refractivity contribution is 8.00. The monoisotopic (exact) mass is 424 g/mol. The third-order valence-electron chi connectivity index (χ3n) is 4.85. The molecule has 1 aliphatic rings. The summed E-state index contributed by atoms with van der Waals surface area (Å²) in [6.07, 6.45) is 0. The number of benzene rings is 3. The second-order valence-corrected chi connectivity index (χ2v) is 7.99. The lowest BCUT2D eigenvalue weighted by molar-refractivity contribution is -0.115. The molecule has 152 valence electrons. The van der Waals surface area contributed by atoms with Crippen LogP contribution in [0, 0.1) is 18.6 Å². The van der Waals surface area contributed by atoms with Crippen molar-refractivity contribution in [3.8, 4) is 0 Å². The van der Waals surface area contributed by atoms with Crippen molar-refractivity contribution in [1.82, 2.24) is 0 Å². The standard InChI is InChI=1S/C23H18F2N2O2S/c1-14-9-10-17(12-20(14)25)27-21(28)13-30-23(27)15-5-4-6-16(11-15)26-22(29)18-7-2-3-8-19(18)24/h2-12,23H,13H2,1H3,(H,26,29)/t23-/m0/s1. The van der Waals surface area contributed by atoms with Crippen LogP contribution in [0.3, 0.4) is 0 Å². The van der Waals surface area contributed by atoms with Gasteiger partial charge in [0.05, 0.1) is 11.3 Å². The van der Waals surface area contributed by atoms with Gasteiger partial charge in [-0.25, -0.2) is 8.78 Å². The number of thioether (sulfide) groups is 1. The zero-order valence-corrected chi connectivity index (χ0v) is 16.9. The molecule has 1 fully saturated rings. The molecule has 0 aromatic heterocycles. The van der Waals surface area contributed by atoms with Crippen molar-refractivity contribution in [3.05, 3.63) is 95.1 Å². The van der Waals surface area contributed by atoms with E-state index >= 15 is 0 Å². The third-order valence-corrected chi connectivity index (χ3v) is 6.06. The molecular weight excluding hydrogens is 406 g/mol. The van der Waals surface area contributed by atoms with Gasteiger partial charge >= 0.3 is 0 Å². The molecule has 0 aliphatic carbocycles. The maximum absolute atomic E-state index is 14.1. The highest BCUT2D eigenvalue weighted by Crippen LogP contribution is 2.42. The van der Waals surface area contributed by atoms with E-state index in [0.29, 0.717) is 16.9 Å². The zero-order chi connectivity index (χ0) is 21.3. The maximum Gasteiger partial charge on any atom is 0.258 e. The summed E-state index contributed by atoms with van der Waals surface area (Å²) >= 11 is 1.42. The molecular formula is C23H18F2N2O2S. The van der Waals surface area contributed by atoms with Gasteiger partial charge in [-0.3, -0.25) is 14.5 Å². The van der Waals surface area contributed by atoms with E-state index in [1.807, 2.05) is 6.07 Å². The molecule has 4 nitrogen and oxygen atoms in total. The number of nitrogens with one attached hydrogen (secondary N) is 1. The number of aryl methyl sites for hydroxylation is 1. The van der Waals surface area contributed by atoms with Gasteiger partial charge in [0.2, 0.25) is 5.91 Å². The maximum atomic E-state index is 14.1. The molecule has 1 N–H and O–H groups in total. The number of carbonyl (C=O) groups is 2. The topological polar surface area (TPSA) is 49.4 Å². The Morgan fingerprint density at radius 2 is 1.83 bits per heavy atom. The number of halogens is 2. The summed E-state index contributed by atoms with van der Waals surface area (Å²) in [6.45, 7) is 1.67. The second kappa shape index (κ2) is 8.28. The van der Waals surface area contributed by atoms with E-state index in [-0.39, 0.29) is 28.4 Å². The van der Waals surface area contributed by atoms with Crippen LogP contribution in [0.4, 0.5) is 20.2 Å². The first kappa shape index (κ1) is 20.1. The third kappa shape index (κ3) is 3.93. The van der Waals surface area contributed by atoms with E-state index in [2.05, 4.69) is 5.32 Å². The van der Waals surface area contributed by atoms with Crippen molar-refractivity contribution in [2.24, 2.45) is 0 Å². The van der Waals surface area contributed by atoms with Crippen molar-refractivity contribution < 1.29 is 18.4 Å². The summed E-state index contributed by atoms with van der Waals surface area (Å²) in [5, 5.41) is 2.34. The molecule has 1 saturated heterocycles. The lowest BCUT2D eigenvalue weighted by Crippen LogP contribution is -2.28. The van der Waals surface area contributed by atoms with Gasteiger partial charge in [0.1, 0.15) is 17.0 Å². The Morgan fingerprint density at radius 1 is 1.03 bits per heavy atom. The molecule has 2 amide bonds. The highest BCUT2D eigenvalue weighted by Gasteiger charge is 2.34. The van der Waals surface area contributed by atoms with Crippen LogP contribution in [0.5, 0.6) is 0 Å². The van der Waals surface area contributed by atoms with Crippen LogP contribution >= 0.6 is 11.8 Å². The number of carbonyl (C=O) groups excluding carboxylic acids is 2. The van der Waals surface area contributed by atoms with Crippen LogP contribution in [0.2, 0.25) is 0 Å². The van der Waals surface area contributed by atoms with Crippen LogP contribution in [0.15, 0.2) is 66.7 Å². The molecule has 3 aromatic rings. The molecule has 1 aliphatic heterocycles. The van der Waals surface area contributed by atoms with Gasteiger partial charge in [-0.2, -0.15) is 0 Å². The summed E-state index contributed by atoms with van der Waals surface area (Å²) in [5.74, 6) is -1.38. The molecule has 4 rings (SSSR count). The molecule has 0 bridgehead atoms. The molecule has 7 heteroatoms. The van der Waals surface area contributed by atoms with E-state index in [4.69, 9.17) is 0 Å². The lowest BCUT2D eigenvalue weighted by Gasteiger charge is -2.25. The van der Waals surface area contributed by atoms with Crippen LogP contribution < -0.4 is 10.2 Å². The second-order valence-electron chi connectivity index (χ2n) is 6.92. The minimum absolute atomic E-state index is 0.0509. The van der Waals surface area contributed by atoms with E-state index in [0.717, 1.165) is 5.56 Å². The molecule has 1 heterocycles. The summed E-state index contributed by atoms with van der Waals surface area (Å²) in [7, 11) is 0. The minimum Gasteiger partial charge on any atom is -0.322 e. The predicted octanol–water partition coefficient (Wildman–Crippen LogP) is 5.30. The lowest BCUT2D eigenvalue weighted by atomic mass is 10.1. The van der Waals surface area contributed by atoms with Gasteiger partial charge in [0.25, 0.3) is 5.91 Å². The summed E-state index contributed by atoms with van der Waals surface area (Å²) in [4.78, 5) is 26.5. The predicted molar refractivity (Wildman–Crippen MR) is 115 cm³/mol. The van der Waals surface area contributed by atoms with Crippen LogP contribution in [-0.2, 0) is 4.79 Å². The largest absolute Gasteiger partial charge is 0.322 e. The van der Waals surface area contributed by atoms with Crippen LogP contribution in [-0.4, -0.2) is 17.6 Å². The molecule has 0 radical (unpaired) electrons. The highest BCUT2D eigenvalue weighted by atomic mass is 32.2. The number of anilines is 2. The quantitative estimate of drug-likeness (QED) is 0.618. The van der Waals surface area contributed by atoms with Gasteiger partial charge in [0, 0.05) is 11.4 Å². The fourth-order valence-electron chi connectivity index (χ4n) is 3.30. The van der Waals surface area contributed by atoms with E-state index in [1.165, 1.54) is 36.0 Å². The van der Waals surface area contributed by atoms with Crippen molar-refractivity contribution in [3.63, 3.8) is 0 Å². The Labute approximate surface area is 176 Å². The first-order valence-electron chi connectivity index (χ1n) is 9.29. The number of rotatable bonds is 4. The Bertz CT molecular complexity index is 1140. The Hall–Kier alpha value is -3.19. The Balaban J connectivity index is 1.61. The van der Waals surface area contributed by atoms with Crippen molar-refractivity contribution in [2.75, 3.05) is 16.0 Å². The Kier molecular flexibility index (Phi) is 5.55. The van der Waals surface area contributed by atoms with Crippen LogP contribution in [0.1, 0.15) is 26.9 Å². The van der Waals surface area contributed by atoms with Gasteiger partial charge in [-0.05, 0) is 54.4 Å². The van der Waals surface area contributed by atoms with E-state index in [9.17, 15) is 18.4 Å². The summed E-state index contributed by atoms with van der Waals surface area (Å²) in [5.41, 5.74) is 2.20. The SMILES string of the molecule is Cc1ccc(N2C(=O)CS[C@H]2c2cccc(NC(=O)c3ccccc3F)c2)cc1F. The van der Waals surface area contributed by atoms with Crippen molar-refractivity contribution in [2.45, 2.75) is 12.3 Å². The molecule has 1 atom stereocenters. The Morgan fingerprint density at radius 3 is 2.60 bits per heavy atom. The van der Waals surface area contributed by atoms with Crippen LogP contribution in [0.25, 0.3) is 0 Å². The van der Waals surface area contributed by atoms with Gasteiger partial charge in [0.15, 0.2) is 0 Å². The fraction of sp³-hybridized carbons (Fsp3) is 0.130. The number of hydrogen-bond donors (Lipinski definition) is 1. The average molecular weight is 424 g/mol. The zero-order valence-electron chi connectivity index (χ0n) is 16.1. The summed E-state index contributed by atoms with van der Waals surface area (Å²) < 4.78 is 27.9. The molecule has 0 unspecified atom stereocenters. The summed E-state index contributed by atoms with van der Waals surface area (Å²) in [6, 6.07) is 17.5. The van der Waals surface area contributed by atoms with E-state index in [1.54, 1.807) is 48.2 Å². The average Bonchev–Trinajstić information content (AvgIpc) is 3.12. The number of nitrogens with zero attached hydrogens (tertiary/aromatic N) is 1. The first-order valence-corrected chi connectivity index (χ1v) is 10.3.